The van der Waals surface area contributed by atoms with Crippen LogP contribution in [0, 0.1) is 0 Å². The van der Waals surface area contributed by atoms with Crippen molar-refractivity contribution >= 4 is 16.7 Å². The van der Waals surface area contributed by atoms with Gasteiger partial charge in [0.1, 0.15) is 0 Å². The van der Waals surface area contributed by atoms with E-state index in [4.69, 9.17) is 10.8 Å². The molecule has 82 valence electrons. The van der Waals surface area contributed by atoms with E-state index in [-0.39, 0.29) is 6.54 Å². The van der Waals surface area contributed by atoms with Crippen LogP contribution in [0.4, 0.5) is 0 Å². The highest BCUT2D eigenvalue weighted by Crippen LogP contribution is 2.23. The predicted octanol–water partition coefficient (Wildman–Crippen LogP) is 0.757. The summed E-state index contributed by atoms with van der Waals surface area (Å²) < 4.78 is 0. The van der Waals surface area contributed by atoms with Crippen molar-refractivity contribution in [2.24, 2.45) is 5.73 Å². The normalized spacial score (nSPS) is 12.6. The van der Waals surface area contributed by atoms with Gasteiger partial charge < -0.3 is 10.8 Å². The summed E-state index contributed by atoms with van der Waals surface area (Å²) in [5.41, 5.74) is 6.08. The summed E-state index contributed by atoms with van der Waals surface area (Å²) in [7, 11) is 0. The highest BCUT2D eigenvalue weighted by Gasteiger charge is 2.20. The lowest BCUT2D eigenvalue weighted by Gasteiger charge is -2.11. The number of hydrogen-bond donors (Lipinski definition) is 2. The number of aromatic nitrogens is 2. The molecule has 0 saturated heterocycles. The first kappa shape index (κ1) is 10.5. The van der Waals surface area contributed by atoms with Gasteiger partial charge in [0.25, 0.3) is 0 Å². The van der Waals surface area contributed by atoms with Gasteiger partial charge in [-0.05, 0) is 11.6 Å². The maximum atomic E-state index is 11.0. The van der Waals surface area contributed by atoms with Crippen LogP contribution in [-0.2, 0) is 4.79 Å². The Morgan fingerprint density at radius 1 is 1.38 bits per heavy atom. The summed E-state index contributed by atoms with van der Waals surface area (Å²) in [6.45, 7) is 0.0466. The third-order valence-corrected chi connectivity index (χ3v) is 2.50. The second-order valence-electron chi connectivity index (χ2n) is 3.45. The van der Waals surface area contributed by atoms with Crippen molar-refractivity contribution in [3.8, 4) is 0 Å². The molecule has 2 aromatic rings. The number of nitrogens with zero attached hydrogens (tertiary/aromatic N) is 2. The van der Waals surface area contributed by atoms with Crippen LogP contribution >= 0.6 is 0 Å². The molecule has 1 atom stereocenters. The topological polar surface area (TPSA) is 89.1 Å². The molecule has 0 radical (unpaired) electrons. The summed E-state index contributed by atoms with van der Waals surface area (Å²) in [4.78, 5) is 19.1. The highest BCUT2D eigenvalue weighted by molar-refractivity contribution is 5.89. The van der Waals surface area contributed by atoms with E-state index in [1.807, 2.05) is 0 Å². The molecule has 1 unspecified atom stereocenters. The molecule has 0 amide bonds. The Morgan fingerprint density at radius 3 is 2.88 bits per heavy atom. The molecule has 0 aromatic carbocycles. The maximum absolute atomic E-state index is 11.0. The van der Waals surface area contributed by atoms with Crippen LogP contribution in [0.1, 0.15) is 11.5 Å². The summed E-state index contributed by atoms with van der Waals surface area (Å²) in [6.07, 6.45) is 6.50. The highest BCUT2D eigenvalue weighted by atomic mass is 16.4. The summed E-state index contributed by atoms with van der Waals surface area (Å²) in [5, 5.41) is 10.7. The Morgan fingerprint density at radius 2 is 2.19 bits per heavy atom. The van der Waals surface area contributed by atoms with Crippen LogP contribution in [0.2, 0.25) is 0 Å². The molecule has 0 fully saturated rings. The zero-order valence-corrected chi connectivity index (χ0v) is 8.50. The average Bonchev–Trinajstić information content (AvgIpc) is 2.30. The van der Waals surface area contributed by atoms with E-state index in [1.54, 1.807) is 24.7 Å². The van der Waals surface area contributed by atoms with E-state index in [9.17, 15) is 4.79 Å². The molecular weight excluding hydrogens is 206 g/mol. The van der Waals surface area contributed by atoms with Crippen molar-refractivity contribution in [1.82, 2.24) is 9.97 Å². The van der Waals surface area contributed by atoms with Gasteiger partial charge in [0.05, 0.1) is 5.92 Å². The van der Waals surface area contributed by atoms with Gasteiger partial charge in [0.2, 0.25) is 0 Å². The molecule has 0 aliphatic rings. The van der Waals surface area contributed by atoms with Crippen molar-refractivity contribution in [2.45, 2.75) is 5.92 Å². The first-order valence-electron chi connectivity index (χ1n) is 4.84. The lowest BCUT2D eigenvalue weighted by atomic mass is 9.97. The Kier molecular flexibility index (Phi) is 2.78. The fourth-order valence-corrected chi connectivity index (χ4v) is 1.66. The number of carboxylic acids is 1. The Balaban J connectivity index is 2.63. The summed E-state index contributed by atoms with van der Waals surface area (Å²) in [5.74, 6) is -1.68. The second kappa shape index (κ2) is 4.24. The molecule has 2 heterocycles. The second-order valence-corrected chi connectivity index (χ2v) is 3.45. The van der Waals surface area contributed by atoms with Crippen LogP contribution in [-0.4, -0.2) is 27.6 Å². The predicted molar refractivity (Wildman–Crippen MR) is 59.0 cm³/mol. The molecule has 2 aromatic heterocycles. The lowest BCUT2D eigenvalue weighted by Crippen LogP contribution is -2.21. The average molecular weight is 217 g/mol. The third-order valence-electron chi connectivity index (χ3n) is 2.50. The molecule has 5 nitrogen and oxygen atoms in total. The number of pyridine rings is 2. The zero-order valence-electron chi connectivity index (χ0n) is 8.50. The molecule has 0 aliphatic heterocycles. The summed E-state index contributed by atoms with van der Waals surface area (Å²) >= 11 is 0. The minimum atomic E-state index is -0.944. The quantitative estimate of drug-likeness (QED) is 0.792. The Labute approximate surface area is 91.9 Å². The van der Waals surface area contributed by atoms with Gasteiger partial charge in [-0.15, -0.1) is 0 Å². The Bertz CT molecular complexity index is 522. The molecule has 2 rings (SSSR count). The van der Waals surface area contributed by atoms with E-state index in [1.165, 1.54) is 6.20 Å². The molecule has 0 aliphatic carbocycles. The third kappa shape index (κ3) is 1.72. The van der Waals surface area contributed by atoms with Crippen LogP contribution < -0.4 is 5.73 Å². The Hall–Kier alpha value is -2.01. The van der Waals surface area contributed by atoms with Crippen molar-refractivity contribution < 1.29 is 9.90 Å². The smallest absolute Gasteiger partial charge is 0.312 e. The fourth-order valence-electron chi connectivity index (χ4n) is 1.66. The van der Waals surface area contributed by atoms with Crippen molar-refractivity contribution in [1.29, 1.82) is 0 Å². The lowest BCUT2D eigenvalue weighted by molar-refractivity contribution is -0.138. The largest absolute Gasteiger partial charge is 0.481 e. The summed E-state index contributed by atoms with van der Waals surface area (Å²) in [6, 6.07) is 1.79. The fraction of sp³-hybridized carbons (Fsp3) is 0.182. The molecule has 3 N–H and O–H groups in total. The zero-order chi connectivity index (χ0) is 11.5. The SMILES string of the molecule is NCC(C(=O)O)c1cncc2ccncc12. The van der Waals surface area contributed by atoms with Gasteiger partial charge in [0, 0.05) is 42.1 Å². The van der Waals surface area contributed by atoms with Crippen LogP contribution in [0.25, 0.3) is 10.8 Å². The van der Waals surface area contributed by atoms with Gasteiger partial charge in [-0.3, -0.25) is 14.8 Å². The van der Waals surface area contributed by atoms with Crippen molar-refractivity contribution in [3.05, 3.63) is 36.4 Å². The number of nitrogens with two attached hydrogens (primary N) is 1. The molecule has 16 heavy (non-hydrogen) atoms. The minimum absolute atomic E-state index is 0.0466. The number of rotatable bonds is 3. The van der Waals surface area contributed by atoms with Crippen molar-refractivity contribution in [3.63, 3.8) is 0 Å². The number of aliphatic carboxylic acids is 1. The minimum Gasteiger partial charge on any atom is -0.481 e. The number of hydrogen-bond acceptors (Lipinski definition) is 4. The van der Waals surface area contributed by atoms with Gasteiger partial charge in [0.15, 0.2) is 0 Å². The van der Waals surface area contributed by atoms with Gasteiger partial charge >= 0.3 is 5.97 Å². The first-order chi connectivity index (χ1) is 7.74. The van der Waals surface area contributed by atoms with Crippen LogP contribution in [0.3, 0.4) is 0 Å². The molecular formula is C11H11N3O2. The molecule has 0 bridgehead atoms. The van der Waals surface area contributed by atoms with E-state index < -0.39 is 11.9 Å². The monoisotopic (exact) mass is 217 g/mol. The van der Waals surface area contributed by atoms with Gasteiger partial charge in [-0.1, -0.05) is 0 Å². The van der Waals surface area contributed by atoms with E-state index >= 15 is 0 Å². The standard InChI is InChI=1S/C11H11N3O2/c12-3-8(11(15)16)10-6-14-4-7-1-2-13-5-9(7)10/h1-2,4-6,8H,3,12H2,(H,15,16). The van der Waals surface area contributed by atoms with E-state index in [0.717, 1.165) is 10.8 Å². The number of carboxylic acid groups (broad SMARTS) is 1. The molecule has 5 heteroatoms. The molecule has 0 spiro atoms. The maximum Gasteiger partial charge on any atom is 0.312 e. The van der Waals surface area contributed by atoms with Crippen LogP contribution in [0.5, 0.6) is 0 Å². The number of carbonyl (C=O) groups is 1. The number of fused-ring (bicyclic) bond motifs is 1. The molecule has 0 saturated carbocycles. The van der Waals surface area contributed by atoms with Crippen LogP contribution in [0.15, 0.2) is 30.9 Å². The van der Waals surface area contributed by atoms with Crippen molar-refractivity contribution in [2.75, 3.05) is 6.54 Å². The van der Waals surface area contributed by atoms with Gasteiger partial charge in [-0.25, -0.2) is 0 Å². The van der Waals surface area contributed by atoms with E-state index in [2.05, 4.69) is 9.97 Å². The first-order valence-corrected chi connectivity index (χ1v) is 4.84. The van der Waals surface area contributed by atoms with E-state index in [0.29, 0.717) is 5.56 Å². The van der Waals surface area contributed by atoms with Gasteiger partial charge in [-0.2, -0.15) is 0 Å².